The predicted octanol–water partition coefficient (Wildman–Crippen LogP) is 1.65. The molecule has 0 saturated carbocycles. The van der Waals surface area contributed by atoms with E-state index in [0.29, 0.717) is 12.1 Å². The Morgan fingerprint density at radius 2 is 1.75 bits per heavy atom. The van der Waals surface area contributed by atoms with Crippen molar-refractivity contribution in [1.29, 1.82) is 0 Å². The van der Waals surface area contributed by atoms with Gasteiger partial charge in [0.05, 0.1) is 5.69 Å². The van der Waals surface area contributed by atoms with Gasteiger partial charge in [-0.3, -0.25) is 4.79 Å². The van der Waals surface area contributed by atoms with E-state index < -0.39 is 23.0 Å². The first kappa shape index (κ1) is 10.4. The van der Waals surface area contributed by atoms with Crippen LogP contribution in [0.25, 0.3) is 5.69 Å². The molecule has 0 N–H and O–H groups in total. The van der Waals surface area contributed by atoms with Crippen LogP contribution in [0, 0.1) is 17.5 Å². The van der Waals surface area contributed by atoms with Crippen molar-refractivity contribution in [3.63, 3.8) is 0 Å². The zero-order chi connectivity index (χ0) is 11.7. The zero-order valence-electron chi connectivity index (χ0n) is 7.82. The van der Waals surface area contributed by atoms with Crippen LogP contribution < -0.4 is 5.56 Å². The minimum atomic E-state index is -1.58. The second-order valence-electron chi connectivity index (χ2n) is 3.00. The first-order chi connectivity index (χ1) is 7.59. The van der Waals surface area contributed by atoms with Crippen LogP contribution in [-0.2, 0) is 0 Å². The van der Waals surface area contributed by atoms with Gasteiger partial charge in [-0.2, -0.15) is 9.78 Å². The molecule has 0 unspecified atom stereocenters. The fourth-order valence-corrected chi connectivity index (χ4v) is 1.22. The van der Waals surface area contributed by atoms with Crippen molar-refractivity contribution in [2.45, 2.75) is 0 Å². The summed E-state index contributed by atoms with van der Waals surface area (Å²) in [7, 11) is 0. The van der Waals surface area contributed by atoms with Crippen molar-refractivity contribution in [2.24, 2.45) is 0 Å². The van der Waals surface area contributed by atoms with Crippen LogP contribution in [0.4, 0.5) is 13.2 Å². The topological polar surface area (TPSA) is 34.9 Å². The Hall–Kier alpha value is -2.11. The van der Waals surface area contributed by atoms with Crippen LogP contribution in [0.15, 0.2) is 35.3 Å². The van der Waals surface area contributed by atoms with Crippen LogP contribution in [0.1, 0.15) is 0 Å². The fourth-order valence-electron chi connectivity index (χ4n) is 1.22. The first-order valence-corrected chi connectivity index (χ1v) is 4.29. The SMILES string of the molecule is O=c1cccnn1-c1cc(F)c(F)c(F)c1. The van der Waals surface area contributed by atoms with Crippen molar-refractivity contribution >= 4 is 0 Å². The van der Waals surface area contributed by atoms with Crippen molar-refractivity contribution in [2.75, 3.05) is 0 Å². The minimum Gasteiger partial charge on any atom is -0.267 e. The number of hydrogen-bond donors (Lipinski definition) is 0. The lowest BCUT2D eigenvalue weighted by Gasteiger charge is -2.04. The van der Waals surface area contributed by atoms with E-state index in [0.717, 1.165) is 4.68 Å². The van der Waals surface area contributed by atoms with E-state index in [1.54, 1.807) is 0 Å². The third kappa shape index (κ3) is 1.69. The molecule has 3 nitrogen and oxygen atoms in total. The second kappa shape index (κ2) is 3.80. The van der Waals surface area contributed by atoms with Crippen LogP contribution >= 0.6 is 0 Å². The molecule has 0 fully saturated rings. The van der Waals surface area contributed by atoms with Gasteiger partial charge in [-0.15, -0.1) is 0 Å². The molecule has 6 heteroatoms. The van der Waals surface area contributed by atoms with Crippen molar-refractivity contribution in [3.8, 4) is 5.69 Å². The third-order valence-electron chi connectivity index (χ3n) is 1.93. The summed E-state index contributed by atoms with van der Waals surface area (Å²) in [4.78, 5) is 11.3. The molecular formula is C10H5F3N2O. The highest BCUT2D eigenvalue weighted by Crippen LogP contribution is 2.14. The molecule has 0 radical (unpaired) electrons. The monoisotopic (exact) mass is 226 g/mol. The molecular weight excluding hydrogens is 221 g/mol. The highest BCUT2D eigenvalue weighted by atomic mass is 19.2. The molecule has 0 saturated heterocycles. The van der Waals surface area contributed by atoms with E-state index in [1.165, 1.54) is 18.3 Å². The van der Waals surface area contributed by atoms with E-state index in [-0.39, 0.29) is 5.69 Å². The number of nitrogens with zero attached hydrogens (tertiary/aromatic N) is 2. The van der Waals surface area contributed by atoms with Crippen LogP contribution in [0.5, 0.6) is 0 Å². The number of halogens is 3. The lowest BCUT2D eigenvalue weighted by Crippen LogP contribution is -2.19. The third-order valence-corrected chi connectivity index (χ3v) is 1.93. The molecule has 2 aromatic rings. The Kier molecular flexibility index (Phi) is 2.47. The summed E-state index contributed by atoms with van der Waals surface area (Å²) >= 11 is 0. The standard InChI is InChI=1S/C10H5F3N2O/c11-7-4-6(5-8(12)10(7)13)15-9(16)2-1-3-14-15/h1-5H. The molecule has 0 aliphatic carbocycles. The highest BCUT2D eigenvalue weighted by molar-refractivity contribution is 5.32. The van der Waals surface area contributed by atoms with E-state index >= 15 is 0 Å². The summed E-state index contributed by atoms with van der Waals surface area (Å²) in [6.45, 7) is 0. The zero-order valence-corrected chi connectivity index (χ0v) is 7.82. The Bertz CT molecular complexity index is 572. The molecule has 0 bridgehead atoms. The van der Waals surface area contributed by atoms with Gasteiger partial charge < -0.3 is 0 Å². The van der Waals surface area contributed by atoms with E-state index in [2.05, 4.69) is 5.10 Å². The molecule has 1 heterocycles. The molecule has 16 heavy (non-hydrogen) atoms. The average molecular weight is 226 g/mol. The lowest BCUT2D eigenvalue weighted by atomic mass is 10.3. The molecule has 0 amide bonds. The van der Waals surface area contributed by atoms with Crippen molar-refractivity contribution in [1.82, 2.24) is 9.78 Å². The van der Waals surface area contributed by atoms with Gasteiger partial charge in [-0.1, -0.05) is 0 Å². The van der Waals surface area contributed by atoms with E-state index in [9.17, 15) is 18.0 Å². The molecule has 2 rings (SSSR count). The van der Waals surface area contributed by atoms with Crippen molar-refractivity contribution in [3.05, 3.63) is 58.3 Å². The maximum atomic E-state index is 12.9. The Labute approximate surface area is 87.8 Å². The molecule has 82 valence electrons. The second-order valence-corrected chi connectivity index (χ2v) is 3.00. The summed E-state index contributed by atoms with van der Waals surface area (Å²) < 4.78 is 39.2. The molecule has 0 spiro atoms. The highest BCUT2D eigenvalue weighted by Gasteiger charge is 2.12. The summed E-state index contributed by atoms with van der Waals surface area (Å²) in [5.74, 6) is -4.31. The average Bonchev–Trinajstić information content (AvgIpc) is 2.26. The van der Waals surface area contributed by atoms with Crippen LogP contribution in [-0.4, -0.2) is 9.78 Å². The van der Waals surface area contributed by atoms with Gasteiger partial charge in [0, 0.05) is 24.4 Å². The molecule has 0 aliphatic rings. The minimum absolute atomic E-state index is 0.165. The van der Waals surface area contributed by atoms with E-state index in [4.69, 9.17) is 0 Å². The van der Waals surface area contributed by atoms with Gasteiger partial charge in [0.25, 0.3) is 5.56 Å². The fraction of sp³-hybridized carbons (Fsp3) is 0. The summed E-state index contributed by atoms with van der Waals surface area (Å²) in [5.41, 5.74) is -0.727. The molecule has 1 aromatic carbocycles. The van der Waals surface area contributed by atoms with Gasteiger partial charge >= 0.3 is 0 Å². The largest absolute Gasteiger partial charge is 0.271 e. The summed E-state index contributed by atoms with van der Waals surface area (Å²) in [6, 6.07) is 3.96. The van der Waals surface area contributed by atoms with Gasteiger partial charge in [0.15, 0.2) is 17.5 Å². The number of aromatic nitrogens is 2. The Balaban J connectivity index is 2.67. The van der Waals surface area contributed by atoms with Crippen LogP contribution in [0.3, 0.4) is 0 Å². The Morgan fingerprint density at radius 1 is 1.12 bits per heavy atom. The molecule has 0 atom stereocenters. The van der Waals surface area contributed by atoms with Gasteiger partial charge in [0.1, 0.15) is 0 Å². The van der Waals surface area contributed by atoms with Crippen molar-refractivity contribution < 1.29 is 13.2 Å². The maximum absolute atomic E-state index is 12.9. The molecule has 0 aliphatic heterocycles. The number of benzene rings is 1. The van der Waals surface area contributed by atoms with Crippen LogP contribution in [0.2, 0.25) is 0 Å². The summed E-state index contributed by atoms with van der Waals surface area (Å²) in [6.07, 6.45) is 1.28. The van der Waals surface area contributed by atoms with Gasteiger partial charge in [-0.05, 0) is 6.07 Å². The first-order valence-electron chi connectivity index (χ1n) is 4.29. The quantitative estimate of drug-likeness (QED) is 0.693. The van der Waals surface area contributed by atoms with Gasteiger partial charge in [0.2, 0.25) is 0 Å². The number of hydrogen-bond acceptors (Lipinski definition) is 2. The van der Waals surface area contributed by atoms with Gasteiger partial charge in [-0.25, -0.2) is 13.2 Å². The number of rotatable bonds is 1. The lowest BCUT2D eigenvalue weighted by molar-refractivity contribution is 0.445. The smallest absolute Gasteiger partial charge is 0.267 e. The Morgan fingerprint density at radius 3 is 2.31 bits per heavy atom. The molecule has 1 aromatic heterocycles. The predicted molar refractivity (Wildman–Crippen MR) is 49.7 cm³/mol. The van der Waals surface area contributed by atoms with E-state index in [1.807, 2.05) is 0 Å². The maximum Gasteiger partial charge on any atom is 0.271 e. The summed E-state index contributed by atoms with van der Waals surface area (Å²) in [5, 5.41) is 3.61. The normalized spacial score (nSPS) is 10.4.